The van der Waals surface area contributed by atoms with E-state index in [1.807, 2.05) is 0 Å². The van der Waals surface area contributed by atoms with Gasteiger partial charge in [-0.05, 0) is 49.4 Å². The Hall–Kier alpha value is -2.21. The smallest absolute Gasteiger partial charge is 0.262 e. The molecule has 0 fully saturated rings. The van der Waals surface area contributed by atoms with Crippen molar-refractivity contribution in [3.8, 4) is 5.75 Å². The Morgan fingerprint density at radius 1 is 1.18 bits per heavy atom. The van der Waals surface area contributed by atoms with Gasteiger partial charge in [-0.15, -0.1) is 0 Å². The van der Waals surface area contributed by atoms with Crippen LogP contribution in [0.5, 0.6) is 5.75 Å². The molecule has 22 heavy (non-hydrogen) atoms. The molecule has 1 N–H and O–H groups in total. The molecule has 0 aliphatic rings. The highest BCUT2D eigenvalue weighted by Crippen LogP contribution is 2.23. The molecular weight excluding hydrogens is 353 g/mol. The summed E-state index contributed by atoms with van der Waals surface area (Å²) in [6.07, 6.45) is 0. The van der Waals surface area contributed by atoms with E-state index in [2.05, 4.69) is 21.2 Å². The maximum atomic E-state index is 12.8. The lowest BCUT2D eigenvalue weighted by Gasteiger charge is -2.10. The average molecular weight is 366 g/mol. The third-order valence-corrected chi connectivity index (χ3v) is 3.30. The first-order valence-electron chi connectivity index (χ1n) is 6.44. The molecule has 4 nitrogen and oxygen atoms in total. The number of halogens is 2. The van der Waals surface area contributed by atoms with Crippen LogP contribution in [0.4, 0.5) is 10.1 Å². The van der Waals surface area contributed by atoms with Gasteiger partial charge in [0.15, 0.2) is 12.4 Å². The number of benzene rings is 2. The van der Waals surface area contributed by atoms with Gasteiger partial charge < -0.3 is 10.1 Å². The third-order valence-electron chi connectivity index (χ3n) is 2.81. The normalized spacial score (nSPS) is 10.1. The Bertz CT molecular complexity index is 701. The van der Waals surface area contributed by atoms with E-state index in [0.29, 0.717) is 17.0 Å². The van der Waals surface area contributed by atoms with Crippen molar-refractivity contribution in [3.05, 3.63) is 58.3 Å². The van der Waals surface area contributed by atoms with Crippen molar-refractivity contribution in [2.24, 2.45) is 0 Å². The number of anilines is 1. The summed E-state index contributed by atoms with van der Waals surface area (Å²) in [5.41, 5.74) is 0.863. The number of carbonyl (C=O) groups is 2. The zero-order chi connectivity index (χ0) is 16.1. The molecule has 114 valence electrons. The predicted octanol–water partition coefficient (Wildman–Crippen LogP) is 3.81. The molecule has 2 aromatic carbocycles. The molecule has 0 heterocycles. The fourth-order valence-electron chi connectivity index (χ4n) is 1.78. The molecule has 0 aromatic heterocycles. The minimum atomic E-state index is -0.399. The van der Waals surface area contributed by atoms with Gasteiger partial charge in [0, 0.05) is 10.2 Å². The number of hydrogen-bond donors (Lipinski definition) is 1. The second-order valence-corrected chi connectivity index (χ2v) is 5.46. The van der Waals surface area contributed by atoms with Gasteiger partial charge in [0.1, 0.15) is 11.6 Å². The molecule has 0 spiro atoms. The third kappa shape index (κ3) is 4.39. The van der Waals surface area contributed by atoms with E-state index in [1.54, 1.807) is 18.2 Å². The number of rotatable bonds is 5. The molecule has 0 bridgehead atoms. The molecule has 0 atom stereocenters. The lowest BCUT2D eigenvalue weighted by molar-refractivity contribution is -0.118. The number of hydrogen-bond acceptors (Lipinski definition) is 3. The van der Waals surface area contributed by atoms with Gasteiger partial charge in [0.05, 0.1) is 5.56 Å². The SMILES string of the molecule is CC(=O)c1cc(Br)ccc1OCC(=O)Nc1ccc(F)cc1. The van der Waals surface area contributed by atoms with E-state index in [-0.39, 0.29) is 18.2 Å². The van der Waals surface area contributed by atoms with Gasteiger partial charge >= 0.3 is 0 Å². The van der Waals surface area contributed by atoms with Crippen molar-refractivity contribution in [2.45, 2.75) is 6.92 Å². The van der Waals surface area contributed by atoms with E-state index in [0.717, 1.165) is 4.47 Å². The Balaban J connectivity index is 1.99. The molecule has 0 saturated carbocycles. The quantitative estimate of drug-likeness (QED) is 0.819. The molecule has 0 radical (unpaired) electrons. The second-order valence-electron chi connectivity index (χ2n) is 4.54. The van der Waals surface area contributed by atoms with Crippen LogP contribution in [-0.4, -0.2) is 18.3 Å². The number of carbonyl (C=O) groups excluding carboxylic acids is 2. The molecule has 2 aromatic rings. The minimum absolute atomic E-state index is 0.157. The van der Waals surface area contributed by atoms with Crippen molar-refractivity contribution in [1.82, 2.24) is 0 Å². The van der Waals surface area contributed by atoms with E-state index in [4.69, 9.17) is 4.74 Å². The first-order chi connectivity index (χ1) is 10.5. The van der Waals surface area contributed by atoms with Crippen LogP contribution in [0.15, 0.2) is 46.9 Å². The van der Waals surface area contributed by atoms with Gasteiger partial charge in [0.2, 0.25) is 0 Å². The van der Waals surface area contributed by atoms with Crippen LogP contribution in [0.2, 0.25) is 0 Å². The van der Waals surface area contributed by atoms with Crippen molar-refractivity contribution in [1.29, 1.82) is 0 Å². The van der Waals surface area contributed by atoms with Crippen LogP contribution in [-0.2, 0) is 4.79 Å². The lowest BCUT2D eigenvalue weighted by Crippen LogP contribution is -2.20. The van der Waals surface area contributed by atoms with Crippen molar-refractivity contribution >= 4 is 33.3 Å². The van der Waals surface area contributed by atoms with Crippen LogP contribution in [0.25, 0.3) is 0 Å². The molecule has 0 unspecified atom stereocenters. The lowest BCUT2D eigenvalue weighted by atomic mass is 10.1. The predicted molar refractivity (Wildman–Crippen MR) is 84.7 cm³/mol. The number of ether oxygens (including phenoxy) is 1. The zero-order valence-corrected chi connectivity index (χ0v) is 13.3. The van der Waals surface area contributed by atoms with Gasteiger partial charge in [-0.2, -0.15) is 0 Å². The molecule has 0 aliphatic heterocycles. The number of nitrogens with one attached hydrogen (secondary N) is 1. The Morgan fingerprint density at radius 3 is 2.50 bits per heavy atom. The first-order valence-corrected chi connectivity index (χ1v) is 7.23. The van der Waals surface area contributed by atoms with Crippen LogP contribution in [0.3, 0.4) is 0 Å². The molecular formula is C16H13BrFNO3. The molecule has 2 rings (SSSR count). The molecule has 6 heteroatoms. The van der Waals surface area contributed by atoms with Crippen molar-refractivity contribution in [2.75, 3.05) is 11.9 Å². The van der Waals surface area contributed by atoms with Crippen LogP contribution < -0.4 is 10.1 Å². The summed E-state index contributed by atoms with van der Waals surface area (Å²) < 4.78 is 18.9. The fourth-order valence-corrected chi connectivity index (χ4v) is 2.14. The Labute approximate surface area is 135 Å². The Kier molecular flexibility index (Phi) is 5.27. The van der Waals surface area contributed by atoms with E-state index >= 15 is 0 Å². The summed E-state index contributed by atoms with van der Waals surface area (Å²) in [4.78, 5) is 23.3. The van der Waals surface area contributed by atoms with Crippen LogP contribution in [0.1, 0.15) is 17.3 Å². The molecule has 1 amide bonds. The summed E-state index contributed by atoms with van der Waals surface area (Å²) in [7, 11) is 0. The van der Waals surface area contributed by atoms with Gasteiger partial charge in [-0.25, -0.2) is 4.39 Å². The Morgan fingerprint density at radius 2 is 1.86 bits per heavy atom. The molecule has 0 aliphatic carbocycles. The molecule has 0 saturated heterocycles. The topological polar surface area (TPSA) is 55.4 Å². The highest BCUT2D eigenvalue weighted by molar-refractivity contribution is 9.10. The highest BCUT2D eigenvalue weighted by Gasteiger charge is 2.11. The first kappa shape index (κ1) is 16.2. The fraction of sp³-hybridized carbons (Fsp3) is 0.125. The van der Waals surface area contributed by atoms with Crippen LogP contribution >= 0.6 is 15.9 Å². The summed E-state index contributed by atoms with van der Waals surface area (Å²) in [6.45, 7) is 1.17. The average Bonchev–Trinajstić information content (AvgIpc) is 2.48. The van der Waals surface area contributed by atoms with Gasteiger partial charge in [0.25, 0.3) is 5.91 Å². The highest BCUT2D eigenvalue weighted by atomic mass is 79.9. The van der Waals surface area contributed by atoms with E-state index in [1.165, 1.54) is 31.2 Å². The summed E-state index contributed by atoms with van der Waals surface area (Å²) in [6, 6.07) is 10.4. The summed E-state index contributed by atoms with van der Waals surface area (Å²) in [5.74, 6) is -0.598. The maximum Gasteiger partial charge on any atom is 0.262 e. The number of Topliss-reactive ketones (excluding diaryl/α,β-unsaturated/α-hetero) is 1. The summed E-state index contributed by atoms with van der Waals surface area (Å²) in [5, 5.41) is 2.57. The van der Waals surface area contributed by atoms with Gasteiger partial charge in [-0.3, -0.25) is 9.59 Å². The number of amides is 1. The maximum absolute atomic E-state index is 12.8. The van der Waals surface area contributed by atoms with Crippen molar-refractivity contribution in [3.63, 3.8) is 0 Å². The van der Waals surface area contributed by atoms with E-state index < -0.39 is 5.91 Å². The largest absolute Gasteiger partial charge is 0.483 e. The monoisotopic (exact) mass is 365 g/mol. The standard InChI is InChI=1S/C16H13BrFNO3/c1-10(20)14-8-11(17)2-7-15(14)22-9-16(21)19-13-5-3-12(18)4-6-13/h2-8H,9H2,1H3,(H,19,21). The zero-order valence-electron chi connectivity index (χ0n) is 11.7. The summed E-state index contributed by atoms with van der Waals surface area (Å²) >= 11 is 3.28. The van der Waals surface area contributed by atoms with Crippen molar-refractivity contribution < 1.29 is 18.7 Å². The second kappa shape index (κ2) is 7.17. The van der Waals surface area contributed by atoms with E-state index in [9.17, 15) is 14.0 Å². The minimum Gasteiger partial charge on any atom is -0.483 e. The van der Waals surface area contributed by atoms with Crippen LogP contribution in [0, 0.1) is 5.82 Å². The number of ketones is 1. The van der Waals surface area contributed by atoms with Gasteiger partial charge in [-0.1, -0.05) is 15.9 Å².